The maximum Gasteiger partial charge on any atom is 0.407 e. The van der Waals surface area contributed by atoms with Crippen molar-refractivity contribution in [2.24, 2.45) is 11.7 Å². The Bertz CT molecular complexity index is 612. The molecule has 0 spiro atoms. The van der Waals surface area contributed by atoms with E-state index in [4.69, 9.17) is 15.7 Å². The Morgan fingerprint density at radius 2 is 1.96 bits per heavy atom. The summed E-state index contributed by atoms with van der Waals surface area (Å²) in [6.07, 6.45) is -0.685. The quantitative estimate of drug-likeness (QED) is 0.634. The van der Waals surface area contributed by atoms with Gasteiger partial charge in [0.15, 0.2) is 0 Å². The molecule has 8 nitrogen and oxygen atoms in total. The van der Waals surface area contributed by atoms with Crippen molar-refractivity contribution < 1.29 is 19.1 Å². The van der Waals surface area contributed by atoms with Gasteiger partial charge in [0.25, 0.3) is 0 Å². The Kier molecular flexibility index (Phi) is 7.78. The van der Waals surface area contributed by atoms with Gasteiger partial charge in [0.2, 0.25) is 11.8 Å². The first-order chi connectivity index (χ1) is 11.4. The molecule has 0 saturated heterocycles. The number of primary amides is 1. The van der Waals surface area contributed by atoms with E-state index in [1.54, 1.807) is 19.1 Å². The molecule has 0 fully saturated rings. The van der Waals surface area contributed by atoms with Crippen LogP contribution in [0.15, 0.2) is 30.3 Å². The van der Waals surface area contributed by atoms with Crippen molar-refractivity contribution in [3.05, 3.63) is 35.9 Å². The van der Waals surface area contributed by atoms with E-state index in [2.05, 4.69) is 10.6 Å². The maximum absolute atomic E-state index is 11.8. The minimum absolute atomic E-state index is 0.0699. The van der Waals surface area contributed by atoms with Gasteiger partial charge in [0.05, 0.1) is 6.07 Å². The number of rotatable bonds is 8. The smallest absolute Gasteiger partial charge is 0.407 e. The molecular formula is C16H20N4O4. The molecule has 1 aromatic rings. The van der Waals surface area contributed by atoms with E-state index >= 15 is 0 Å². The summed E-state index contributed by atoms with van der Waals surface area (Å²) in [6, 6.07) is 10.0. The zero-order valence-corrected chi connectivity index (χ0v) is 13.3. The van der Waals surface area contributed by atoms with Gasteiger partial charge < -0.3 is 21.1 Å². The average Bonchev–Trinajstić information content (AvgIpc) is 2.56. The van der Waals surface area contributed by atoms with Gasteiger partial charge in [-0.1, -0.05) is 37.3 Å². The van der Waals surface area contributed by atoms with Crippen molar-refractivity contribution in [2.45, 2.75) is 26.0 Å². The molecule has 128 valence electrons. The lowest BCUT2D eigenvalue weighted by Gasteiger charge is -2.20. The van der Waals surface area contributed by atoms with Crippen molar-refractivity contribution in [2.75, 3.05) is 6.54 Å². The first kappa shape index (κ1) is 19.0. The Labute approximate surface area is 140 Å². The van der Waals surface area contributed by atoms with E-state index in [-0.39, 0.29) is 19.6 Å². The van der Waals surface area contributed by atoms with E-state index in [0.717, 1.165) is 5.56 Å². The number of carbonyl (C=O) groups excluding carboxylic acids is 3. The van der Waals surface area contributed by atoms with Crippen LogP contribution in [0.1, 0.15) is 18.9 Å². The summed E-state index contributed by atoms with van der Waals surface area (Å²) in [5.74, 6) is -1.76. The van der Waals surface area contributed by atoms with Crippen LogP contribution in [-0.2, 0) is 20.9 Å². The summed E-state index contributed by atoms with van der Waals surface area (Å²) in [4.78, 5) is 34.6. The number of benzene rings is 1. The molecule has 0 aliphatic carbocycles. The fourth-order valence-electron chi connectivity index (χ4n) is 1.91. The molecule has 0 bridgehead atoms. The van der Waals surface area contributed by atoms with Crippen LogP contribution in [0.3, 0.4) is 0 Å². The number of carbonyl (C=O) groups is 3. The van der Waals surface area contributed by atoms with Crippen LogP contribution in [0.25, 0.3) is 0 Å². The number of hydrogen-bond donors (Lipinski definition) is 3. The van der Waals surface area contributed by atoms with Crippen LogP contribution < -0.4 is 16.4 Å². The van der Waals surface area contributed by atoms with Gasteiger partial charge in [-0.15, -0.1) is 0 Å². The summed E-state index contributed by atoms with van der Waals surface area (Å²) < 4.78 is 4.95. The predicted molar refractivity (Wildman–Crippen MR) is 85.1 cm³/mol. The third-order valence-corrected chi connectivity index (χ3v) is 3.21. The molecule has 1 aromatic carbocycles. The number of hydrogen-bond acceptors (Lipinski definition) is 5. The Morgan fingerprint density at radius 1 is 1.29 bits per heavy atom. The van der Waals surface area contributed by atoms with E-state index in [0.29, 0.717) is 0 Å². The first-order valence-corrected chi connectivity index (χ1v) is 7.34. The number of alkyl carbamates (subject to hydrolysis) is 1. The van der Waals surface area contributed by atoms with Gasteiger partial charge in [-0.25, -0.2) is 4.79 Å². The zero-order valence-electron chi connectivity index (χ0n) is 13.3. The number of nitriles is 1. The SMILES string of the molecule is C[C@H](CC#N)[C@@H](NC(=O)CNC(=O)OCc1ccccc1)C(N)=O. The summed E-state index contributed by atoms with van der Waals surface area (Å²) >= 11 is 0. The van der Waals surface area contributed by atoms with Crippen LogP contribution in [0.5, 0.6) is 0 Å². The summed E-state index contributed by atoms with van der Waals surface area (Å²) in [5, 5.41) is 13.3. The number of nitrogens with zero attached hydrogens (tertiary/aromatic N) is 1. The lowest BCUT2D eigenvalue weighted by atomic mass is 9.98. The van der Waals surface area contributed by atoms with Crippen molar-refractivity contribution >= 4 is 17.9 Å². The van der Waals surface area contributed by atoms with E-state index < -0.39 is 29.9 Å². The lowest BCUT2D eigenvalue weighted by molar-refractivity contribution is -0.127. The molecule has 0 unspecified atom stereocenters. The van der Waals surface area contributed by atoms with Crippen LogP contribution >= 0.6 is 0 Å². The van der Waals surface area contributed by atoms with Gasteiger partial charge >= 0.3 is 6.09 Å². The lowest BCUT2D eigenvalue weighted by Crippen LogP contribution is -2.51. The minimum Gasteiger partial charge on any atom is -0.445 e. The summed E-state index contributed by atoms with van der Waals surface area (Å²) in [7, 11) is 0. The Hall–Kier alpha value is -3.08. The van der Waals surface area contributed by atoms with Crippen LogP contribution in [-0.4, -0.2) is 30.5 Å². The second-order valence-electron chi connectivity index (χ2n) is 5.20. The number of amides is 3. The van der Waals surface area contributed by atoms with Crippen LogP contribution in [0.2, 0.25) is 0 Å². The van der Waals surface area contributed by atoms with Crippen molar-refractivity contribution in [1.29, 1.82) is 5.26 Å². The molecule has 0 saturated carbocycles. The molecule has 0 radical (unpaired) electrons. The molecule has 24 heavy (non-hydrogen) atoms. The summed E-state index contributed by atoms with van der Waals surface area (Å²) in [5.41, 5.74) is 6.03. The predicted octanol–water partition coefficient (Wildman–Crippen LogP) is 0.433. The maximum atomic E-state index is 11.8. The van der Waals surface area contributed by atoms with Crippen LogP contribution in [0.4, 0.5) is 4.79 Å². The van der Waals surface area contributed by atoms with Gasteiger partial charge in [0.1, 0.15) is 19.2 Å². The average molecular weight is 332 g/mol. The molecule has 3 amide bonds. The van der Waals surface area contributed by atoms with Gasteiger partial charge in [-0.2, -0.15) is 5.26 Å². The molecule has 1 rings (SSSR count). The largest absolute Gasteiger partial charge is 0.445 e. The van der Waals surface area contributed by atoms with Crippen molar-refractivity contribution in [1.82, 2.24) is 10.6 Å². The summed E-state index contributed by atoms with van der Waals surface area (Å²) in [6.45, 7) is 1.34. The molecule has 8 heteroatoms. The molecule has 2 atom stereocenters. The second kappa shape index (κ2) is 9.84. The number of ether oxygens (including phenoxy) is 1. The monoisotopic (exact) mass is 332 g/mol. The fourth-order valence-corrected chi connectivity index (χ4v) is 1.91. The highest BCUT2D eigenvalue weighted by atomic mass is 16.5. The van der Waals surface area contributed by atoms with E-state index in [9.17, 15) is 14.4 Å². The standard InChI is InChI=1S/C16H20N4O4/c1-11(7-8-17)14(15(18)22)20-13(21)9-19-16(23)24-10-12-5-3-2-4-6-12/h2-6,11,14H,7,9-10H2,1H3,(H2,18,22)(H,19,23)(H,20,21)/t11-,14-/m1/s1. The van der Waals surface area contributed by atoms with Gasteiger partial charge in [-0.05, 0) is 11.5 Å². The third-order valence-electron chi connectivity index (χ3n) is 3.21. The minimum atomic E-state index is -0.973. The molecule has 0 aliphatic rings. The molecular weight excluding hydrogens is 312 g/mol. The Balaban J connectivity index is 2.37. The normalized spacial score (nSPS) is 12.3. The van der Waals surface area contributed by atoms with Gasteiger partial charge in [-0.3, -0.25) is 9.59 Å². The number of nitrogens with one attached hydrogen (secondary N) is 2. The van der Waals surface area contributed by atoms with E-state index in [1.165, 1.54) is 0 Å². The highest BCUT2D eigenvalue weighted by Crippen LogP contribution is 2.07. The molecule has 0 aliphatic heterocycles. The molecule has 0 heterocycles. The topological polar surface area (TPSA) is 134 Å². The first-order valence-electron chi connectivity index (χ1n) is 7.34. The second-order valence-corrected chi connectivity index (χ2v) is 5.20. The zero-order chi connectivity index (χ0) is 17.9. The van der Waals surface area contributed by atoms with Crippen LogP contribution in [0, 0.1) is 17.2 Å². The molecule has 4 N–H and O–H groups in total. The van der Waals surface area contributed by atoms with E-state index in [1.807, 2.05) is 24.3 Å². The fraction of sp³-hybridized carbons (Fsp3) is 0.375. The number of nitrogens with two attached hydrogens (primary N) is 1. The Morgan fingerprint density at radius 3 is 2.54 bits per heavy atom. The highest BCUT2D eigenvalue weighted by Gasteiger charge is 2.24. The molecule has 0 aromatic heterocycles. The van der Waals surface area contributed by atoms with Gasteiger partial charge in [0, 0.05) is 6.42 Å². The van der Waals surface area contributed by atoms with Crippen molar-refractivity contribution in [3.63, 3.8) is 0 Å². The third kappa shape index (κ3) is 6.79. The highest BCUT2D eigenvalue weighted by molar-refractivity contribution is 5.88. The van der Waals surface area contributed by atoms with Crippen molar-refractivity contribution in [3.8, 4) is 6.07 Å².